The molecule has 1 atom stereocenters. The lowest BCUT2D eigenvalue weighted by Gasteiger charge is -2.26. The Morgan fingerprint density at radius 3 is 2.56 bits per heavy atom. The number of urea groups is 1. The molecule has 0 saturated carbocycles. The highest BCUT2D eigenvalue weighted by Crippen LogP contribution is 2.30. The van der Waals surface area contributed by atoms with E-state index in [1.165, 1.54) is 13.8 Å². The number of rotatable bonds is 4. The third kappa shape index (κ3) is 4.99. The summed E-state index contributed by atoms with van der Waals surface area (Å²) in [5.41, 5.74) is 0. The van der Waals surface area contributed by atoms with Crippen molar-refractivity contribution >= 4 is 22.1 Å². The van der Waals surface area contributed by atoms with Crippen LogP contribution < -0.4 is 14.8 Å². The Labute approximate surface area is 145 Å². The number of amides is 3. The lowest BCUT2D eigenvalue weighted by Crippen LogP contribution is -2.49. The predicted molar refractivity (Wildman–Crippen MR) is 88.1 cm³/mol. The normalized spacial score (nSPS) is 16.2. The van der Waals surface area contributed by atoms with Gasteiger partial charge in [-0.15, -0.1) is 0 Å². The van der Waals surface area contributed by atoms with Gasteiger partial charge < -0.3 is 14.2 Å². The molecule has 3 amide bonds. The van der Waals surface area contributed by atoms with Crippen molar-refractivity contribution in [1.29, 1.82) is 0 Å². The van der Waals surface area contributed by atoms with Crippen LogP contribution in [-0.4, -0.2) is 56.5 Å². The third-order valence-electron chi connectivity index (χ3n) is 3.20. The quantitative estimate of drug-likeness (QED) is 0.849. The van der Waals surface area contributed by atoms with Crippen LogP contribution >= 0.6 is 0 Å². The molecule has 0 fully saturated rings. The molecule has 0 unspecified atom stereocenters. The van der Waals surface area contributed by atoms with Crippen molar-refractivity contribution in [2.75, 3.05) is 19.5 Å². The Kier molecular flexibility index (Phi) is 5.73. The zero-order chi connectivity index (χ0) is 18.6. The van der Waals surface area contributed by atoms with Crippen LogP contribution in [0.5, 0.6) is 11.5 Å². The molecule has 0 saturated heterocycles. The number of hydrogen-bond acceptors (Lipinski definition) is 7. The molecule has 0 aliphatic carbocycles. The maximum Gasteiger partial charge on any atom is 0.415 e. The van der Waals surface area contributed by atoms with Crippen molar-refractivity contribution in [3.63, 3.8) is 0 Å². The molecule has 9 nitrogen and oxygen atoms in total. The molecule has 1 N–H and O–H groups in total. The molecule has 0 aromatic heterocycles. The summed E-state index contributed by atoms with van der Waals surface area (Å²) >= 11 is 0. The molecule has 25 heavy (non-hydrogen) atoms. The summed E-state index contributed by atoms with van der Waals surface area (Å²) in [7, 11) is -3.81. The zero-order valence-electron chi connectivity index (χ0n) is 14.1. The van der Waals surface area contributed by atoms with Gasteiger partial charge in [0.2, 0.25) is 10.0 Å². The summed E-state index contributed by atoms with van der Waals surface area (Å²) in [6.45, 7) is 3.04. The zero-order valence-corrected chi connectivity index (χ0v) is 14.9. The van der Waals surface area contributed by atoms with Crippen molar-refractivity contribution in [1.82, 2.24) is 9.62 Å². The largest absolute Gasteiger partial charge is 0.486 e. The maximum atomic E-state index is 11.9. The summed E-state index contributed by atoms with van der Waals surface area (Å²) in [6, 6.07) is 5.34. The standard InChI is InChI=1S/C15H20N2O7S/c1-10(2)17(25(3,20)21)14(18)16-15(19)23-9-11-8-22-12-6-4-5-7-13(12)24-11/h4-7,10-11H,8-9H2,1-3H3,(H,16,18,19)/t11-/m1/s1. The van der Waals surface area contributed by atoms with Gasteiger partial charge in [-0.05, 0) is 26.0 Å². The Morgan fingerprint density at radius 2 is 1.96 bits per heavy atom. The molecule has 0 spiro atoms. The summed E-state index contributed by atoms with van der Waals surface area (Å²) in [4.78, 5) is 23.7. The Morgan fingerprint density at radius 1 is 1.32 bits per heavy atom. The van der Waals surface area contributed by atoms with Gasteiger partial charge in [0, 0.05) is 6.04 Å². The molecular formula is C15H20N2O7S. The molecule has 1 aliphatic heterocycles. The molecule has 1 aromatic rings. The molecular weight excluding hydrogens is 352 g/mol. The topological polar surface area (TPSA) is 111 Å². The van der Waals surface area contributed by atoms with Crippen LogP contribution in [0.4, 0.5) is 9.59 Å². The Bertz CT molecular complexity index is 748. The van der Waals surface area contributed by atoms with E-state index in [1.54, 1.807) is 24.3 Å². The van der Waals surface area contributed by atoms with Gasteiger partial charge in [0.15, 0.2) is 17.6 Å². The highest BCUT2D eigenvalue weighted by Gasteiger charge is 2.28. The maximum absolute atomic E-state index is 11.9. The smallest absolute Gasteiger partial charge is 0.415 e. The fourth-order valence-corrected chi connectivity index (χ4v) is 3.37. The van der Waals surface area contributed by atoms with Crippen LogP contribution in [0.25, 0.3) is 0 Å². The molecule has 0 radical (unpaired) electrons. The first-order chi connectivity index (χ1) is 11.7. The van der Waals surface area contributed by atoms with E-state index in [0.717, 1.165) is 6.26 Å². The first-order valence-corrected chi connectivity index (χ1v) is 9.39. The van der Waals surface area contributed by atoms with Crippen LogP contribution in [0.3, 0.4) is 0 Å². The average Bonchev–Trinajstić information content (AvgIpc) is 2.50. The van der Waals surface area contributed by atoms with Crippen molar-refractivity contribution in [2.45, 2.75) is 26.0 Å². The number of nitrogens with one attached hydrogen (secondary N) is 1. The van der Waals surface area contributed by atoms with Gasteiger partial charge in [-0.25, -0.2) is 27.6 Å². The minimum atomic E-state index is -3.81. The van der Waals surface area contributed by atoms with E-state index in [2.05, 4.69) is 0 Å². The number of carbonyl (C=O) groups excluding carboxylic acids is 2. The highest BCUT2D eigenvalue weighted by molar-refractivity contribution is 7.88. The number of sulfonamides is 1. The fraction of sp³-hybridized carbons (Fsp3) is 0.467. The SMILES string of the molecule is CC(C)N(C(=O)NC(=O)OC[C@H]1COc2ccccc2O1)S(C)(=O)=O. The Hall–Kier alpha value is -2.49. The molecule has 10 heteroatoms. The van der Waals surface area contributed by atoms with Crippen molar-refractivity contribution < 1.29 is 32.2 Å². The number of para-hydroxylation sites is 2. The summed E-state index contributed by atoms with van der Waals surface area (Å²) in [5, 5.41) is 1.88. The van der Waals surface area contributed by atoms with E-state index in [1.807, 2.05) is 5.32 Å². The molecule has 2 rings (SSSR count). The third-order valence-corrected chi connectivity index (χ3v) is 4.51. The second-order valence-corrected chi connectivity index (χ2v) is 7.54. The molecule has 138 valence electrons. The van der Waals surface area contributed by atoms with Crippen LogP contribution in [0.15, 0.2) is 24.3 Å². The number of ether oxygens (including phenoxy) is 3. The van der Waals surface area contributed by atoms with Gasteiger partial charge in [0.05, 0.1) is 6.26 Å². The van der Waals surface area contributed by atoms with Crippen molar-refractivity contribution in [2.24, 2.45) is 0 Å². The first kappa shape index (κ1) is 18.8. The van der Waals surface area contributed by atoms with Crippen molar-refractivity contribution in [3.8, 4) is 11.5 Å². The number of imide groups is 1. The number of benzene rings is 1. The number of nitrogens with zero attached hydrogens (tertiary/aromatic N) is 1. The lowest BCUT2D eigenvalue weighted by molar-refractivity contribution is 0.0340. The highest BCUT2D eigenvalue weighted by atomic mass is 32.2. The van der Waals surface area contributed by atoms with Crippen LogP contribution in [0.2, 0.25) is 0 Å². The number of hydrogen-bond donors (Lipinski definition) is 1. The monoisotopic (exact) mass is 372 g/mol. The summed E-state index contributed by atoms with van der Waals surface area (Å²) < 4.78 is 39.7. The predicted octanol–water partition coefficient (Wildman–Crippen LogP) is 1.34. The van der Waals surface area contributed by atoms with E-state index >= 15 is 0 Å². The van der Waals surface area contributed by atoms with Crippen LogP contribution in [-0.2, 0) is 14.8 Å². The summed E-state index contributed by atoms with van der Waals surface area (Å²) in [6.07, 6.45) is -0.726. The van der Waals surface area contributed by atoms with Gasteiger partial charge in [0.1, 0.15) is 13.2 Å². The second kappa shape index (κ2) is 7.60. The average molecular weight is 372 g/mol. The van der Waals surface area contributed by atoms with E-state index in [-0.39, 0.29) is 13.2 Å². The lowest BCUT2D eigenvalue weighted by atomic mass is 10.3. The van der Waals surface area contributed by atoms with E-state index in [0.29, 0.717) is 15.8 Å². The van der Waals surface area contributed by atoms with E-state index in [9.17, 15) is 18.0 Å². The van der Waals surface area contributed by atoms with Crippen molar-refractivity contribution in [3.05, 3.63) is 24.3 Å². The van der Waals surface area contributed by atoms with Gasteiger partial charge in [-0.3, -0.25) is 0 Å². The van der Waals surface area contributed by atoms with E-state index in [4.69, 9.17) is 14.2 Å². The summed E-state index contributed by atoms with van der Waals surface area (Å²) in [5.74, 6) is 1.13. The van der Waals surface area contributed by atoms with Crippen LogP contribution in [0.1, 0.15) is 13.8 Å². The van der Waals surface area contributed by atoms with E-state index < -0.39 is 34.3 Å². The van der Waals surface area contributed by atoms with Gasteiger partial charge in [0.25, 0.3) is 0 Å². The Balaban J connectivity index is 1.86. The second-order valence-electron chi connectivity index (χ2n) is 5.68. The molecule has 0 bridgehead atoms. The minimum absolute atomic E-state index is 0.159. The van der Waals surface area contributed by atoms with Gasteiger partial charge in [-0.1, -0.05) is 12.1 Å². The number of carbonyl (C=O) groups is 2. The fourth-order valence-electron chi connectivity index (χ4n) is 2.26. The van der Waals surface area contributed by atoms with Crippen LogP contribution in [0, 0.1) is 0 Å². The van der Waals surface area contributed by atoms with Gasteiger partial charge in [-0.2, -0.15) is 0 Å². The minimum Gasteiger partial charge on any atom is -0.486 e. The van der Waals surface area contributed by atoms with Gasteiger partial charge >= 0.3 is 12.1 Å². The molecule has 1 heterocycles. The molecule has 1 aliphatic rings. The molecule has 1 aromatic carbocycles. The number of fused-ring (bicyclic) bond motifs is 1. The first-order valence-electron chi connectivity index (χ1n) is 7.54. The number of alkyl carbamates (subject to hydrolysis) is 1.